The van der Waals surface area contributed by atoms with Crippen molar-refractivity contribution in [2.75, 3.05) is 25.5 Å². The van der Waals surface area contributed by atoms with Crippen LogP contribution in [0.5, 0.6) is 5.88 Å². The van der Waals surface area contributed by atoms with E-state index >= 15 is 0 Å². The van der Waals surface area contributed by atoms with E-state index in [1.165, 1.54) is 0 Å². The molecule has 4 aromatic heterocycles. The second-order valence-corrected chi connectivity index (χ2v) is 6.84. The fourth-order valence-electron chi connectivity index (χ4n) is 3.67. The summed E-state index contributed by atoms with van der Waals surface area (Å²) in [5.74, 6) is 0.794. The van der Waals surface area contributed by atoms with Crippen LogP contribution in [0.15, 0.2) is 42.9 Å². The Labute approximate surface area is 160 Å². The minimum absolute atomic E-state index is 0.317. The normalized spacial score (nSPS) is 19.9. The number of hydrogen-bond donors (Lipinski definition) is 2. The number of halogens is 1. The fraction of sp³-hybridized carbons (Fsp3) is 0.316. The molecule has 0 aliphatic carbocycles. The average molecular weight is 381 g/mol. The maximum absolute atomic E-state index is 14.1. The molecule has 9 heteroatoms. The van der Waals surface area contributed by atoms with Crippen LogP contribution in [0, 0.1) is 0 Å². The number of alkyl halides is 1. The molecule has 1 aliphatic rings. The van der Waals surface area contributed by atoms with E-state index in [2.05, 4.69) is 31.9 Å². The van der Waals surface area contributed by atoms with Gasteiger partial charge in [0, 0.05) is 30.7 Å². The monoisotopic (exact) mass is 381 g/mol. The zero-order valence-electron chi connectivity index (χ0n) is 15.3. The molecule has 0 aromatic carbocycles. The largest absolute Gasteiger partial charge is 0.479 e. The van der Waals surface area contributed by atoms with Crippen molar-refractivity contribution in [2.24, 2.45) is 0 Å². The molecule has 0 spiro atoms. The van der Waals surface area contributed by atoms with E-state index in [0.717, 1.165) is 28.7 Å². The molecular formula is C19H20FN7O. The van der Waals surface area contributed by atoms with Crippen LogP contribution >= 0.6 is 0 Å². The molecule has 1 fully saturated rings. The molecule has 1 saturated heterocycles. The van der Waals surface area contributed by atoms with Crippen molar-refractivity contribution in [1.82, 2.24) is 29.5 Å². The van der Waals surface area contributed by atoms with Crippen molar-refractivity contribution in [3.8, 4) is 17.0 Å². The third-order valence-electron chi connectivity index (χ3n) is 5.11. The summed E-state index contributed by atoms with van der Waals surface area (Å²) in [6.45, 7) is 1.10. The van der Waals surface area contributed by atoms with Crippen LogP contribution < -0.4 is 15.4 Å². The number of hydrogen-bond acceptors (Lipinski definition) is 6. The van der Waals surface area contributed by atoms with Gasteiger partial charge < -0.3 is 15.4 Å². The second kappa shape index (κ2) is 6.75. The Balaban J connectivity index is 1.55. The van der Waals surface area contributed by atoms with E-state index in [1.807, 2.05) is 35.1 Å². The van der Waals surface area contributed by atoms with Gasteiger partial charge in [-0.3, -0.25) is 0 Å². The van der Waals surface area contributed by atoms with E-state index < -0.39 is 6.17 Å². The summed E-state index contributed by atoms with van der Waals surface area (Å²) in [5, 5.41) is 14.9. The molecule has 2 N–H and O–H groups in total. The first-order chi connectivity index (χ1) is 13.7. The number of rotatable bonds is 4. The van der Waals surface area contributed by atoms with Gasteiger partial charge >= 0.3 is 0 Å². The van der Waals surface area contributed by atoms with Crippen LogP contribution in [0.1, 0.15) is 6.42 Å². The number of nitrogens with one attached hydrogen (secondary N) is 2. The Morgan fingerprint density at radius 3 is 3.00 bits per heavy atom. The number of methoxy groups -OCH3 is 1. The van der Waals surface area contributed by atoms with Gasteiger partial charge in [0.2, 0.25) is 11.8 Å². The second-order valence-electron chi connectivity index (χ2n) is 6.84. The van der Waals surface area contributed by atoms with Crippen LogP contribution in [0.4, 0.5) is 10.3 Å². The molecule has 5 rings (SSSR count). The summed E-state index contributed by atoms with van der Waals surface area (Å²) in [5.41, 5.74) is 3.73. The SMILES string of the molecule is COc1nc(N[C@H]2CCNC[C@H]2F)nn2ccc(-c3ccn4nccc4c3)c12. The van der Waals surface area contributed by atoms with Gasteiger partial charge in [0.05, 0.1) is 18.7 Å². The zero-order valence-corrected chi connectivity index (χ0v) is 15.3. The van der Waals surface area contributed by atoms with Gasteiger partial charge in [-0.15, -0.1) is 5.10 Å². The van der Waals surface area contributed by atoms with Crippen LogP contribution in [0.25, 0.3) is 22.2 Å². The molecule has 144 valence electrons. The molecular weight excluding hydrogens is 361 g/mol. The number of ether oxygens (including phenoxy) is 1. The lowest BCUT2D eigenvalue weighted by Gasteiger charge is -2.27. The van der Waals surface area contributed by atoms with E-state index in [-0.39, 0.29) is 6.04 Å². The van der Waals surface area contributed by atoms with Crippen molar-refractivity contribution in [3.05, 3.63) is 42.9 Å². The third kappa shape index (κ3) is 2.84. The highest BCUT2D eigenvalue weighted by Gasteiger charge is 2.26. The summed E-state index contributed by atoms with van der Waals surface area (Å²) < 4.78 is 23.2. The first kappa shape index (κ1) is 16.9. The highest BCUT2D eigenvalue weighted by Crippen LogP contribution is 2.32. The summed E-state index contributed by atoms with van der Waals surface area (Å²) in [7, 11) is 1.57. The van der Waals surface area contributed by atoms with Crippen LogP contribution in [-0.2, 0) is 0 Å². The molecule has 1 aliphatic heterocycles. The average Bonchev–Trinajstić information content (AvgIpc) is 3.35. The Morgan fingerprint density at radius 1 is 1.25 bits per heavy atom. The van der Waals surface area contributed by atoms with E-state index in [0.29, 0.717) is 24.8 Å². The molecule has 28 heavy (non-hydrogen) atoms. The van der Waals surface area contributed by atoms with Crippen molar-refractivity contribution < 1.29 is 9.13 Å². The maximum Gasteiger partial charge on any atom is 0.244 e. The standard InChI is InChI=1S/C19H20FN7O/c1-28-18-17-14(12-4-8-26-13(10-12)2-7-22-26)5-9-27(17)25-19(24-18)23-16-3-6-21-11-15(16)20/h2,4-5,7-10,15-16,21H,3,6,11H2,1H3,(H,23,25)/t15-,16+/m1/s1. The number of piperidine rings is 1. The van der Waals surface area contributed by atoms with Gasteiger partial charge in [-0.1, -0.05) is 0 Å². The number of fused-ring (bicyclic) bond motifs is 2. The number of anilines is 1. The topological polar surface area (TPSA) is 80.8 Å². The Hall–Kier alpha value is -3.20. The molecule has 2 atom stereocenters. The van der Waals surface area contributed by atoms with Crippen LogP contribution in [-0.4, -0.2) is 56.6 Å². The van der Waals surface area contributed by atoms with Crippen LogP contribution in [0.3, 0.4) is 0 Å². The Kier molecular flexibility index (Phi) is 4.09. The summed E-state index contributed by atoms with van der Waals surface area (Å²) >= 11 is 0. The van der Waals surface area contributed by atoms with Gasteiger partial charge in [0.15, 0.2) is 0 Å². The Bertz CT molecular complexity index is 1140. The van der Waals surface area contributed by atoms with Crippen molar-refractivity contribution in [3.63, 3.8) is 0 Å². The molecule has 8 nitrogen and oxygen atoms in total. The molecule has 0 bridgehead atoms. The van der Waals surface area contributed by atoms with Gasteiger partial charge in [-0.05, 0) is 42.8 Å². The predicted molar refractivity (Wildman–Crippen MR) is 104 cm³/mol. The van der Waals surface area contributed by atoms with E-state index in [9.17, 15) is 4.39 Å². The highest BCUT2D eigenvalue weighted by molar-refractivity contribution is 5.85. The summed E-state index contributed by atoms with van der Waals surface area (Å²) in [4.78, 5) is 4.49. The number of aromatic nitrogens is 5. The lowest BCUT2D eigenvalue weighted by atomic mass is 10.1. The lowest BCUT2D eigenvalue weighted by molar-refractivity contribution is 0.244. The van der Waals surface area contributed by atoms with Gasteiger partial charge in [0.1, 0.15) is 11.7 Å². The van der Waals surface area contributed by atoms with Gasteiger partial charge in [-0.25, -0.2) is 13.4 Å². The van der Waals surface area contributed by atoms with Crippen molar-refractivity contribution in [1.29, 1.82) is 0 Å². The van der Waals surface area contributed by atoms with Crippen molar-refractivity contribution in [2.45, 2.75) is 18.6 Å². The third-order valence-corrected chi connectivity index (χ3v) is 5.11. The van der Waals surface area contributed by atoms with Crippen LogP contribution in [0.2, 0.25) is 0 Å². The first-order valence-corrected chi connectivity index (χ1v) is 9.21. The summed E-state index contributed by atoms with van der Waals surface area (Å²) in [6, 6.07) is 7.65. The molecule has 4 aromatic rings. The van der Waals surface area contributed by atoms with E-state index in [1.54, 1.807) is 17.8 Å². The molecule has 0 radical (unpaired) electrons. The molecule has 5 heterocycles. The Morgan fingerprint density at radius 2 is 2.14 bits per heavy atom. The minimum atomic E-state index is -0.985. The first-order valence-electron chi connectivity index (χ1n) is 9.21. The minimum Gasteiger partial charge on any atom is -0.479 e. The van der Waals surface area contributed by atoms with Gasteiger partial charge in [0.25, 0.3) is 0 Å². The number of nitrogens with zero attached hydrogens (tertiary/aromatic N) is 5. The molecule has 0 unspecified atom stereocenters. The fourth-order valence-corrected chi connectivity index (χ4v) is 3.67. The highest BCUT2D eigenvalue weighted by atomic mass is 19.1. The number of pyridine rings is 1. The smallest absolute Gasteiger partial charge is 0.244 e. The predicted octanol–water partition coefficient (Wildman–Crippen LogP) is 2.16. The maximum atomic E-state index is 14.1. The molecule has 0 amide bonds. The lowest BCUT2D eigenvalue weighted by Crippen LogP contribution is -2.45. The van der Waals surface area contributed by atoms with E-state index in [4.69, 9.17) is 4.74 Å². The quantitative estimate of drug-likeness (QED) is 0.564. The molecule has 0 saturated carbocycles. The van der Waals surface area contributed by atoms with Crippen molar-refractivity contribution >= 4 is 17.0 Å². The summed E-state index contributed by atoms with van der Waals surface area (Å²) in [6.07, 6.45) is 5.22. The zero-order chi connectivity index (χ0) is 19.1. The van der Waals surface area contributed by atoms with Gasteiger partial charge in [-0.2, -0.15) is 10.1 Å².